The van der Waals surface area contributed by atoms with Gasteiger partial charge >= 0.3 is 18.5 Å². The smallest absolute Gasteiger partial charge is 0.433 e. The van der Waals surface area contributed by atoms with E-state index in [0.717, 1.165) is 24.3 Å². The molecule has 2 nitrogen and oxygen atoms in total. The molecule has 31 heavy (non-hydrogen) atoms. The van der Waals surface area contributed by atoms with E-state index in [1.807, 2.05) is 0 Å². The summed E-state index contributed by atoms with van der Waals surface area (Å²) in [5, 5.41) is 10.5. The number of hydrogen-bond acceptors (Lipinski definition) is 2. The highest BCUT2D eigenvalue weighted by Crippen LogP contribution is 2.43. The minimum absolute atomic E-state index is 0.335. The van der Waals surface area contributed by atoms with E-state index in [0.29, 0.717) is 30.3 Å². The van der Waals surface area contributed by atoms with Crippen molar-refractivity contribution in [1.29, 1.82) is 0 Å². The zero-order valence-electron chi connectivity index (χ0n) is 15.0. The molecule has 1 aromatic heterocycles. The summed E-state index contributed by atoms with van der Waals surface area (Å²) in [6, 6.07) is 6.54. The summed E-state index contributed by atoms with van der Waals surface area (Å²) in [5.41, 5.74) is -6.42. The molecule has 2 aromatic carbocycles. The van der Waals surface area contributed by atoms with E-state index >= 15 is 0 Å². The molecule has 1 heterocycles. The molecule has 0 unspecified atom stereocenters. The molecular formula is C20H10F9NO. The van der Waals surface area contributed by atoms with Gasteiger partial charge in [0.1, 0.15) is 17.1 Å². The Hall–Kier alpha value is -3.24. The fourth-order valence-electron chi connectivity index (χ4n) is 2.81. The van der Waals surface area contributed by atoms with E-state index in [9.17, 15) is 44.6 Å². The normalized spacial score (nSPS) is 12.8. The monoisotopic (exact) mass is 451 g/mol. The first-order valence-electron chi connectivity index (χ1n) is 8.34. The van der Waals surface area contributed by atoms with Crippen LogP contribution in [0.4, 0.5) is 39.5 Å². The maximum absolute atomic E-state index is 13.3. The Morgan fingerprint density at radius 2 is 1.10 bits per heavy atom. The van der Waals surface area contributed by atoms with Gasteiger partial charge in [-0.15, -0.1) is 0 Å². The molecule has 1 N–H and O–H groups in total. The molecule has 0 saturated carbocycles. The molecule has 0 atom stereocenters. The third-order valence-electron chi connectivity index (χ3n) is 4.25. The van der Waals surface area contributed by atoms with Crippen LogP contribution in [0.2, 0.25) is 0 Å². The van der Waals surface area contributed by atoms with Crippen LogP contribution in [-0.2, 0) is 18.5 Å². The molecule has 3 aromatic rings. The molecule has 0 bridgehead atoms. The first kappa shape index (κ1) is 22.4. The summed E-state index contributed by atoms with van der Waals surface area (Å²) in [6.07, 6.45) is -14.7. The molecule has 11 heteroatoms. The van der Waals surface area contributed by atoms with Crippen molar-refractivity contribution in [3.05, 3.63) is 71.4 Å². The quantitative estimate of drug-likeness (QED) is 0.419. The van der Waals surface area contributed by atoms with Crippen LogP contribution in [0, 0.1) is 0 Å². The third kappa shape index (κ3) is 4.75. The number of nitrogens with zero attached hydrogens (tertiary/aromatic N) is 1. The Morgan fingerprint density at radius 1 is 0.613 bits per heavy atom. The molecule has 0 fully saturated rings. The third-order valence-corrected chi connectivity index (χ3v) is 4.25. The lowest BCUT2D eigenvalue weighted by atomic mass is 9.98. The summed E-state index contributed by atoms with van der Waals surface area (Å²) in [6.45, 7) is 0. The first-order chi connectivity index (χ1) is 14.2. The predicted octanol–water partition coefficient (Wildman–Crippen LogP) is 7.18. The van der Waals surface area contributed by atoms with E-state index < -0.39 is 63.5 Å². The van der Waals surface area contributed by atoms with Crippen molar-refractivity contribution >= 4 is 0 Å². The molecule has 0 aliphatic heterocycles. The fraction of sp³-hybridized carbons (Fsp3) is 0.150. The van der Waals surface area contributed by atoms with Crippen LogP contribution in [0.5, 0.6) is 5.75 Å². The molecule has 0 amide bonds. The topological polar surface area (TPSA) is 33.1 Å². The van der Waals surface area contributed by atoms with Crippen LogP contribution in [0.3, 0.4) is 0 Å². The van der Waals surface area contributed by atoms with Gasteiger partial charge < -0.3 is 5.11 Å². The Bertz CT molecular complexity index is 1040. The summed E-state index contributed by atoms with van der Waals surface area (Å²) in [4.78, 5) is 3.23. The SMILES string of the molecule is Oc1c(-c2cccc(C(F)(F)F)c2)cc(C(F)(F)F)nc1-c1cccc(C(F)(F)F)c1. The van der Waals surface area contributed by atoms with Gasteiger partial charge in [-0.3, -0.25) is 0 Å². The molecule has 0 radical (unpaired) electrons. The lowest BCUT2D eigenvalue weighted by molar-refractivity contribution is -0.141. The van der Waals surface area contributed by atoms with E-state index in [1.54, 1.807) is 0 Å². The van der Waals surface area contributed by atoms with E-state index in [-0.39, 0.29) is 0 Å². The first-order valence-corrected chi connectivity index (χ1v) is 8.34. The Labute approximate surface area is 168 Å². The predicted molar refractivity (Wildman–Crippen MR) is 91.8 cm³/mol. The number of aromatic hydroxyl groups is 1. The maximum Gasteiger partial charge on any atom is 0.433 e. The van der Waals surface area contributed by atoms with Gasteiger partial charge in [0, 0.05) is 11.1 Å². The number of halogens is 9. The fourth-order valence-corrected chi connectivity index (χ4v) is 2.81. The highest BCUT2D eigenvalue weighted by atomic mass is 19.4. The molecule has 0 aliphatic rings. The average molecular weight is 451 g/mol. The van der Waals surface area contributed by atoms with E-state index in [2.05, 4.69) is 4.98 Å². The van der Waals surface area contributed by atoms with Gasteiger partial charge in [0.2, 0.25) is 0 Å². The summed E-state index contributed by atoms with van der Waals surface area (Å²) < 4.78 is 118. The van der Waals surface area contributed by atoms with Crippen LogP contribution in [0.1, 0.15) is 16.8 Å². The van der Waals surface area contributed by atoms with Gasteiger partial charge in [-0.25, -0.2) is 4.98 Å². The Morgan fingerprint density at radius 3 is 1.58 bits per heavy atom. The largest absolute Gasteiger partial charge is 0.505 e. The zero-order chi connectivity index (χ0) is 23.2. The molecule has 0 aliphatic carbocycles. The minimum atomic E-state index is -5.08. The van der Waals surface area contributed by atoms with Gasteiger partial charge in [0.15, 0.2) is 0 Å². The Kier molecular flexibility index (Phi) is 5.41. The van der Waals surface area contributed by atoms with E-state index in [4.69, 9.17) is 0 Å². The van der Waals surface area contributed by atoms with Crippen molar-refractivity contribution in [3.63, 3.8) is 0 Å². The zero-order valence-corrected chi connectivity index (χ0v) is 15.0. The van der Waals surface area contributed by atoms with Gasteiger partial charge in [-0.2, -0.15) is 39.5 Å². The Balaban J connectivity index is 2.29. The van der Waals surface area contributed by atoms with Crippen LogP contribution in [-0.4, -0.2) is 10.1 Å². The van der Waals surface area contributed by atoms with Crippen LogP contribution >= 0.6 is 0 Å². The number of rotatable bonds is 2. The number of pyridine rings is 1. The highest BCUT2D eigenvalue weighted by Gasteiger charge is 2.36. The lowest BCUT2D eigenvalue weighted by Gasteiger charge is -2.16. The molecule has 0 saturated heterocycles. The number of alkyl halides is 9. The lowest BCUT2D eigenvalue weighted by Crippen LogP contribution is -2.10. The van der Waals surface area contributed by atoms with Gasteiger partial charge in [-0.1, -0.05) is 24.3 Å². The van der Waals surface area contributed by atoms with E-state index in [1.165, 1.54) is 0 Å². The van der Waals surface area contributed by atoms with Gasteiger partial charge in [0.25, 0.3) is 0 Å². The van der Waals surface area contributed by atoms with Crippen LogP contribution in [0.15, 0.2) is 54.6 Å². The van der Waals surface area contributed by atoms with Crippen molar-refractivity contribution in [2.45, 2.75) is 18.5 Å². The second-order valence-electron chi connectivity index (χ2n) is 6.41. The summed E-state index contributed by atoms with van der Waals surface area (Å²) >= 11 is 0. The van der Waals surface area contributed by atoms with Gasteiger partial charge in [0.05, 0.1) is 11.1 Å². The number of hydrogen-bond donors (Lipinski definition) is 1. The van der Waals surface area contributed by atoms with Crippen LogP contribution < -0.4 is 0 Å². The van der Waals surface area contributed by atoms with Crippen molar-refractivity contribution in [3.8, 4) is 28.1 Å². The second kappa shape index (κ2) is 7.47. The molecule has 164 valence electrons. The maximum atomic E-state index is 13.3. The highest BCUT2D eigenvalue weighted by molar-refractivity contribution is 5.80. The standard InChI is InChI=1S/C20H10F9NO/c21-18(22,23)12-5-1-3-10(7-12)14-9-15(20(27,28)29)30-16(17(14)31)11-4-2-6-13(8-11)19(24,25)26/h1-9,31H. The van der Waals surface area contributed by atoms with Crippen molar-refractivity contribution in [1.82, 2.24) is 4.98 Å². The van der Waals surface area contributed by atoms with Crippen molar-refractivity contribution in [2.24, 2.45) is 0 Å². The molecular weight excluding hydrogens is 441 g/mol. The van der Waals surface area contributed by atoms with Crippen molar-refractivity contribution < 1.29 is 44.6 Å². The number of aromatic nitrogens is 1. The number of benzene rings is 2. The second-order valence-corrected chi connectivity index (χ2v) is 6.41. The summed E-state index contributed by atoms with van der Waals surface area (Å²) in [7, 11) is 0. The molecule has 0 spiro atoms. The summed E-state index contributed by atoms with van der Waals surface area (Å²) in [5.74, 6) is -0.994. The molecule has 3 rings (SSSR count). The van der Waals surface area contributed by atoms with Crippen LogP contribution in [0.25, 0.3) is 22.4 Å². The van der Waals surface area contributed by atoms with Gasteiger partial charge in [-0.05, 0) is 35.9 Å². The average Bonchev–Trinajstić information content (AvgIpc) is 2.66. The minimum Gasteiger partial charge on any atom is -0.505 e. The van der Waals surface area contributed by atoms with Crippen molar-refractivity contribution in [2.75, 3.05) is 0 Å².